The van der Waals surface area contributed by atoms with Crippen LogP contribution in [0.2, 0.25) is 0 Å². The standard InChI is InChI=1S/C16H16N2O3/c19-15(18-14-5-1-4-12(14)16(20)21)11-6-7-13-10(9-11)3-2-8-17-13/h2-3,6-9,12,14H,1,4-5H2,(H,18,19)(H,20,21)/t12-,14+/m1/s1. The van der Waals surface area contributed by atoms with Gasteiger partial charge in [-0.05, 0) is 37.1 Å². The van der Waals surface area contributed by atoms with Gasteiger partial charge in [-0.2, -0.15) is 0 Å². The number of carbonyl (C=O) groups excluding carboxylic acids is 1. The fraction of sp³-hybridized carbons (Fsp3) is 0.312. The van der Waals surface area contributed by atoms with E-state index in [1.807, 2.05) is 12.1 Å². The minimum Gasteiger partial charge on any atom is -0.481 e. The van der Waals surface area contributed by atoms with Gasteiger partial charge in [0.05, 0.1) is 11.4 Å². The quantitative estimate of drug-likeness (QED) is 0.905. The first-order valence-electron chi connectivity index (χ1n) is 7.03. The van der Waals surface area contributed by atoms with Gasteiger partial charge in [0.1, 0.15) is 0 Å². The molecule has 5 nitrogen and oxygen atoms in total. The van der Waals surface area contributed by atoms with E-state index in [0.29, 0.717) is 12.0 Å². The summed E-state index contributed by atoms with van der Waals surface area (Å²) in [5.74, 6) is -1.53. The van der Waals surface area contributed by atoms with E-state index < -0.39 is 11.9 Å². The Labute approximate surface area is 122 Å². The lowest BCUT2D eigenvalue weighted by Crippen LogP contribution is -2.40. The second-order valence-electron chi connectivity index (χ2n) is 5.37. The van der Waals surface area contributed by atoms with E-state index in [9.17, 15) is 9.59 Å². The summed E-state index contributed by atoms with van der Waals surface area (Å²) < 4.78 is 0. The number of fused-ring (bicyclic) bond motifs is 1. The van der Waals surface area contributed by atoms with Crippen LogP contribution < -0.4 is 5.32 Å². The Morgan fingerprint density at radius 2 is 2.10 bits per heavy atom. The Morgan fingerprint density at radius 1 is 1.24 bits per heavy atom. The molecule has 108 valence electrons. The van der Waals surface area contributed by atoms with Crippen LogP contribution in [0.5, 0.6) is 0 Å². The molecular formula is C16H16N2O3. The van der Waals surface area contributed by atoms with Crippen molar-refractivity contribution in [3.8, 4) is 0 Å². The number of nitrogens with zero attached hydrogens (tertiary/aromatic N) is 1. The minimum atomic E-state index is -0.833. The molecule has 0 saturated heterocycles. The predicted molar refractivity (Wildman–Crippen MR) is 78.0 cm³/mol. The molecule has 1 aromatic heterocycles. The van der Waals surface area contributed by atoms with Crippen molar-refractivity contribution >= 4 is 22.8 Å². The largest absolute Gasteiger partial charge is 0.481 e. The Bertz CT molecular complexity index is 699. The molecule has 2 atom stereocenters. The highest BCUT2D eigenvalue weighted by atomic mass is 16.4. The van der Waals surface area contributed by atoms with Crippen molar-refractivity contribution in [2.75, 3.05) is 0 Å². The van der Waals surface area contributed by atoms with Crippen LogP contribution in [0.3, 0.4) is 0 Å². The van der Waals surface area contributed by atoms with E-state index in [4.69, 9.17) is 5.11 Å². The van der Waals surface area contributed by atoms with Gasteiger partial charge in [-0.15, -0.1) is 0 Å². The molecule has 21 heavy (non-hydrogen) atoms. The molecule has 1 amide bonds. The van der Waals surface area contributed by atoms with Gasteiger partial charge in [0.2, 0.25) is 0 Å². The second-order valence-corrected chi connectivity index (χ2v) is 5.37. The maximum atomic E-state index is 12.3. The Hall–Kier alpha value is -2.43. The molecule has 1 aromatic carbocycles. The normalized spacial score (nSPS) is 21.3. The highest BCUT2D eigenvalue weighted by Gasteiger charge is 2.33. The molecule has 0 aliphatic heterocycles. The average Bonchev–Trinajstić information content (AvgIpc) is 2.95. The van der Waals surface area contributed by atoms with Crippen LogP contribution in [0.15, 0.2) is 36.5 Å². The zero-order valence-electron chi connectivity index (χ0n) is 11.5. The summed E-state index contributed by atoms with van der Waals surface area (Å²) in [5, 5.41) is 12.9. The van der Waals surface area contributed by atoms with Crippen molar-refractivity contribution in [3.05, 3.63) is 42.1 Å². The number of hydrogen-bond donors (Lipinski definition) is 2. The number of carbonyl (C=O) groups is 2. The van der Waals surface area contributed by atoms with Crippen molar-refractivity contribution in [2.24, 2.45) is 5.92 Å². The SMILES string of the molecule is O=C(N[C@H]1CCC[C@H]1C(=O)O)c1ccc2ncccc2c1. The summed E-state index contributed by atoms with van der Waals surface area (Å²) in [7, 11) is 0. The van der Waals surface area contributed by atoms with Crippen molar-refractivity contribution in [2.45, 2.75) is 25.3 Å². The Morgan fingerprint density at radius 3 is 2.90 bits per heavy atom. The highest BCUT2D eigenvalue weighted by Crippen LogP contribution is 2.26. The molecule has 3 rings (SSSR count). The van der Waals surface area contributed by atoms with Crippen LogP contribution in [0.25, 0.3) is 10.9 Å². The van der Waals surface area contributed by atoms with Crippen molar-refractivity contribution in [1.82, 2.24) is 10.3 Å². The molecular weight excluding hydrogens is 268 g/mol. The first-order chi connectivity index (χ1) is 10.1. The zero-order valence-corrected chi connectivity index (χ0v) is 11.5. The van der Waals surface area contributed by atoms with E-state index in [-0.39, 0.29) is 11.9 Å². The molecule has 1 fully saturated rings. The fourth-order valence-corrected chi connectivity index (χ4v) is 2.90. The molecule has 0 radical (unpaired) electrons. The summed E-state index contributed by atoms with van der Waals surface area (Å²) in [6.07, 6.45) is 3.89. The third-order valence-electron chi connectivity index (χ3n) is 4.01. The minimum absolute atomic E-state index is 0.223. The van der Waals surface area contributed by atoms with Gasteiger partial charge in [0.25, 0.3) is 5.91 Å². The summed E-state index contributed by atoms with van der Waals surface area (Å²) in [6, 6.07) is 8.74. The summed E-state index contributed by atoms with van der Waals surface area (Å²) in [4.78, 5) is 27.6. The van der Waals surface area contributed by atoms with Gasteiger partial charge in [-0.3, -0.25) is 14.6 Å². The van der Waals surface area contributed by atoms with E-state index in [2.05, 4.69) is 10.3 Å². The summed E-state index contributed by atoms with van der Waals surface area (Å²) in [6.45, 7) is 0. The maximum absolute atomic E-state index is 12.3. The first kappa shape index (κ1) is 13.5. The molecule has 0 spiro atoms. The lowest BCUT2D eigenvalue weighted by atomic mass is 10.0. The second kappa shape index (κ2) is 5.52. The van der Waals surface area contributed by atoms with Gasteiger partial charge < -0.3 is 10.4 Å². The Balaban J connectivity index is 1.79. The fourth-order valence-electron chi connectivity index (χ4n) is 2.90. The number of rotatable bonds is 3. The smallest absolute Gasteiger partial charge is 0.308 e. The molecule has 0 bridgehead atoms. The number of benzene rings is 1. The third kappa shape index (κ3) is 2.72. The third-order valence-corrected chi connectivity index (χ3v) is 4.01. The topological polar surface area (TPSA) is 79.3 Å². The number of carboxylic acids is 1. The van der Waals surface area contributed by atoms with Gasteiger partial charge >= 0.3 is 5.97 Å². The molecule has 1 saturated carbocycles. The monoisotopic (exact) mass is 284 g/mol. The van der Waals surface area contributed by atoms with Gasteiger partial charge in [-0.25, -0.2) is 0 Å². The maximum Gasteiger partial charge on any atom is 0.308 e. The number of amides is 1. The van der Waals surface area contributed by atoms with Crippen molar-refractivity contribution in [1.29, 1.82) is 0 Å². The van der Waals surface area contributed by atoms with Gasteiger partial charge in [0.15, 0.2) is 0 Å². The summed E-state index contributed by atoms with van der Waals surface area (Å²) in [5.41, 5.74) is 1.37. The molecule has 1 heterocycles. The van der Waals surface area contributed by atoms with Gasteiger partial charge in [0, 0.05) is 23.2 Å². The number of aromatic nitrogens is 1. The average molecular weight is 284 g/mol. The van der Waals surface area contributed by atoms with Crippen LogP contribution in [0, 0.1) is 5.92 Å². The molecule has 1 aliphatic rings. The highest BCUT2D eigenvalue weighted by molar-refractivity contribution is 5.98. The van der Waals surface area contributed by atoms with Crippen LogP contribution in [-0.4, -0.2) is 28.0 Å². The van der Waals surface area contributed by atoms with E-state index in [1.54, 1.807) is 24.4 Å². The van der Waals surface area contributed by atoms with Crippen LogP contribution >= 0.6 is 0 Å². The lowest BCUT2D eigenvalue weighted by Gasteiger charge is -2.17. The number of pyridine rings is 1. The first-order valence-corrected chi connectivity index (χ1v) is 7.03. The van der Waals surface area contributed by atoms with E-state index in [1.165, 1.54) is 0 Å². The molecule has 2 N–H and O–H groups in total. The lowest BCUT2D eigenvalue weighted by molar-refractivity contribution is -0.142. The number of aliphatic carboxylic acids is 1. The molecule has 5 heteroatoms. The van der Waals surface area contributed by atoms with E-state index in [0.717, 1.165) is 23.7 Å². The van der Waals surface area contributed by atoms with Crippen LogP contribution in [0.1, 0.15) is 29.6 Å². The number of hydrogen-bond acceptors (Lipinski definition) is 3. The molecule has 0 unspecified atom stereocenters. The molecule has 1 aliphatic carbocycles. The zero-order chi connectivity index (χ0) is 14.8. The van der Waals surface area contributed by atoms with Crippen LogP contribution in [0.4, 0.5) is 0 Å². The van der Waals surface area contributed by atoms with E-state index >= 15 is 0 Å². The van der Waals surface area contributed by atoms with Gasteiger partial charge in [-0.1, -0.05) is 12.5 Å². The van der Waals surface area contributed by atoms with Crippen molar-refractivity contribution in [3.63, 3.8) is 0 Å². The Kier molecular flexibility index (Phi) is 3.56. The number of nitrogens with one attached hydrogen (secondary N) is 1. The van der Waals surface area contributed by atoms with Crippen LogP contribution in [-0.2, 0) is 4.79 Å². The number of carboxylic acid groups (broad SMARTS) is 1. The predicted octanol–water partition coefficient (Wildman–Crippen LogP) is 2.22. The summed E-state index contributed by atoms with van der Waals surface area (Å²) >= 11 is 0. The molecule has 2 aromatic rings. The van der Waals surface area contributed by atoms with Crippen molar-refractivity contribution < 1.29 is 14.7 Å².